The van der Waals surface area contributed by atoms with E-state index in [1.807, 2.05) is 62.4 Å². The van der Waals surface area contributed by atoms with Gasteiger partial charge < -0.3 is 9.47 Å². The summed E-state index contributed by atoms with van der Waals surface area (Å²) in [4.78, 5) is 0.456. The summed E-state index contributed by atoms with van der Waals surface area (Å²) in [5, 5.41) is 0. The zero-order chi connectivity index (χ0) is 23.8. The van der Waals surface area contributed by atoms with Gasteiger partial charge in [-0.05, 0) is 93.0 Å². The van der Waals surface area contributed by atoms with Crippen LogP contribution < -0.4 is 9.47 Å². The molecule has 2 aromatic rings. The Balaban J connectivity index is 1.70. The van der Waals surface area contributed by atoms with E-state index in [0.717, 1.165) is 5.56 Å². The highest BCUT2D eigenvalue weighted by Crippen LogP contribution is 2.26. The summed E-state index contributed by atoms with van der Waals surface area (Å²) in [7, 11) is -3.66. The summed E-state index contributed by atoms with van der Waals surface area (Å²) in [6.07, 6.45) is 13.1. The van der Waals surface area contributed by atoms with Crippen LogP contribution in [0.2, 0.25) is 0 Å². The number of hydrogen-bond donors (Lipinski definition) is 0. The second-order valence-corrected chi connectivity index (χ2v) is 10.0. The van der Waals surface area contributed by atoms with Crippen molar-refractivity contribution in [1.82, 2.24) is 0 Å². The van der Waals surface area contributed by atoms with Crippen LogP contribution in [-0.4, -0.2) is 8.42 Å². The summed E-state index contributed by atoms with van der Waals surface area (Å²) in [5.74, 6) is 3.02. The number of rotatable bonds is 8. The number of ether oxygens (including phenoxy) is 2. The van der Waals surface area contributed by atoms with Gasteiger partial charge in [-0.25, -0.2) is 8.42 Å². The Morgan fingerprint density at radius 3 is 2.24 bits per heavy atom. The molecule has 172 valence electrons. The van der Waals surface area contributed by atoms with E-state index in [2.05, 4.69) is 13.8 Å². The Morgan fingerprint density at radius 2 is 1.61 bits per heavy atom. The molecule has 0 aliphatic heterocycles. The molecular weight excluding hydrogens is 432 g/mol. The van der Waals surface area contributed by atoms with E-state index in [-0.39, 0.29) is 9.80 Å². The van der Waals surface area contributed by atoms with Crippen molar-refractivity contribution in [2.75, 3.05) is 0 Å². The van der Waals surface area contributed by atoms with Gasteiger partial charge in [0, 0.05) is 0 Å². The van der Waals surface area contributed by atoms with Crippen LogP contribution >= 0.6 is 0 Å². The van der Waals surface area contributed by atoms with Crippen LogP contribution in [0.3, 0.4) is 0 Å². The lowest BCUT2D eigenvalue weighted by Gasteiger charge is -2.09. The summed E-state index contributed by atoms with van der Waals surface area (Å²) >= 11 is 0. The van der Waals surface area contributed by atoms with Crippen LogP contribution in [0.15, 0.2) is 112 Å². The Morgan fingerprint density at radius 1 is 0.939 bits per heavy atom. The second kappa shape index (κ2) is 11.0. The highest BCUT2D eigenvalue weighted by atomic mass is 32.2. The Hall–Kier alpha value is -3.31. The average Bonchev–Trinajstić information content (AvgIpc) is 3.04. The van der Waals surface area contributed by atoms with Crippen LogP contribution in [0.4, 0.5) is 0 Å². The van der Waals surface area contributed by atoms with Crippen molar-refractivity contribution in [3.63, 3.8) is 0 Å². The fourth-order valence-corrected chi connectivity index (χ4v) is 4.37. The van der Waals surface area contributed by atoms with Gasteiger partial charge in [-0.1, -0.05) is 43.7 Å². The van der Waals surface area contributed by atoms with Crippen molar-refractivity contribution in [2.45, 2.75) is 39.0 Å². The standard InChI is InChI=1S/C28H30O4S/c1-5-23(12-9-21(2)3)31-26-16-19-28(20-17-26)33(29,30)27-8-6-7-24(15-18-27)32-25-13-10-22(4)11-14-25/h5,7-21H,6H2,1-4H3/b12-9-,23-5+. The third-order valence-corrected chi connectivity index (χ3v) is 6.73. The molecule has 33 heavy (non-hydrogen) atoms. The summed E-state index contributed by atoms with van der Waals surface area (Å²) in [6, 6.07) is 14.2. The van der Waals surface area contributed by atoms with Crippen LogP contribution in [0, 0.1) is 12.8 Å². The molecule has 0 radical (unpaired) electrons. The van der Waals surface area contributed by atoms with E-state index < -0.39 is 9.84 Å². The van der Waals surface area contributed by atoms with Gasteiger partial charge in [0.25, 0.3) is 0 Å². The molecule has 0 amide bonds. The van der Waals surface area contributed by atoms with E-state index in [1.54, 1.807) is 42.5 Å². The first kappa shape index (κ1) is 24.3. The lowest BCUT2D eigenvalue weighted by molar-refractivity contribution is 0.442. The summed E-state index contributed by atoms with van der Waals surface area (Å²) in [5.41, 5.74) is 1.15. The monoisotopic (exact) mass is 462 g/mol. The van der Waals surface area contributed by atoms with E-state index in [0.29, 0.717) is 35.4 Å². The quantitative estimate of drug-likeness (QED) is 0.311. The molecule has 0 aromatic heterocycles. The number of aryl methyl sites for hydroxylation is 1. The molecule has 2 aromatic carbocycles. The van der Waals surface area contributed by atoms with Gasteiger partial charge in [0.05, 0.1) is 9.80 Å². The minimum absolute atomic E-state index is 0.216. The van der Waals surface area contributed by atoms with E-state index >= 15 is 0 Å². The molecule has 0 heterocycles. The van der Waals surface area contributed by atoms with E-state index in [4.69, 9.17) is 9.47 Å². The first-order valence-electron chi connectivity index (χ1n) is 11.0. The van der Waals surface area contributed by atoms with Crippen molar-refractivity contribution in [3.8, 4) is 11.5 Å². The van der Waals surface area contributed by atoms with Gasteiger partial charge in [0.15, 0.2) is 0 Å². The van der Waals surface area contributed by atoms with Crippen LogP contribution in [0.25, 0.3) is 0 Å². The van der Waals surface area contributed by atoms with Gasteiger partial charge in [0.1, 0.15) is 23.0 Å². The average molecular weight is 463 g/mol. The molecule has 0 spiro atoms. The molecule has 1 aliphatic carbocycles. The second-order valence-electron chi connectivity index (χ2n) is 8.07. The predicted molar refractivity (Wildman–Crippen MR) is 134 cm³/mol. The molecule has 5 heteroatoms. The largest absolute Gasteiger partial charge is 0.458 e. The molecule has 0 N–H and O–H groups in total. The molecule has 3 rings (SSSR count). The maximum atomic E-state index is 13.2. The molecule has 0 unspecified atom stereocenters. The molecule has 0 saturated carbocycles. The molecule has 0 fully saturated rings. The fraction of sp³-hybridized carbons (Fsp3) is 0.214. The number of sulfone groups is 1. The Kier molecular flexibility index (Phi) is 8.12. The lowest BCUT2D eigenvalue weighted by atomic mass is 10.2. The summed E-state index contributed by atoms with van der Waals surface area (Å²) in [6.45, 7) is 8.09. The first-order chi connectivity index (χ1) is 15.8. The third kappa shape index (κ3) is 6.83. The molecule has 1 aliphatic rings. The predicted octanol–water partition coefficient (Wildman–Crippen LogP) is 7.07. The smallest absolute Gasteiger partial charge is 0.206 e. The maximum Gasteiger partial charge on any atom is 0.206 e. The minimum Gasteiger partial charge on any atom is -0.458 e. The molecule has 0 bridgehead atoms. The molecule has 0 atom stereocenters. The SMILES string of the molecule is C/C=C(\C=C/C(C)C)Oc1ccc(S(=O)(=O)C2=CCC=C(Oc3ccc(C)cc3)C=C2)cc1. The fourth-order valence-electron chi connectivity index (χ4n) is 3.04. The van der Waals surface area contributed by atoms with Crippen molar-refractivity contribution >= 4 is 9.84 Å². The van der Waals surface area contributed by atoms with Crippen molar-refractivity contribution in [3.05, 3.63) is 113 Å². The van der Waals surface area contributed by atoms with E-state index in [9.17, 15) is 8.42 Å². The first-order valence-corrected chi connectivity index (χ1v) is 12.5. The van der Waals surface area contributed by atoms with Crippen molar-refractivity contribution in [2.24, 2.45) is 5.92 Å². The highest BCUT2D eigenvalue weighted by molar-refractivity contribution is 7.95. The molecule has 0 saturated heterocycles. The highest BCUT2D eigenvalue weighted by Gasteiger charge is 2.19. The zero-order valence-electron chi connectivity index (χ0n) is 19.5. The van der Waals surface area contributed by atoms with Crippen molar-refractivity contribution < 1.29 is 17.9 Å². The van der Waals surface area contributed by atoms with Gasteiger partial charge in [-0.2, -0.15) is 0 Å². The molecular formula is C28H30O4S. The van der Waals surface area contributed by atoms with Crippen LogP contribution in [0.5, 0.6) is 11.5 Å². The van der Waals surface area contributed by atoms with Gasteiger partial charge in [-0.3, -0.25) is 0 Å². The normalized spacial score (nSPS) is 14.8. The van der Waals surface area contributed by atoms with Crippen molar-refractivity contribution in [1.29, 1.82) is 0 Å². The Labute approximate surface area is 197 Å². The number of hydrogen-bond acceptors (Lipinski definition) is 4. The lowest BCUT2D eigenvalue weighted by Crippen LogP contribution is -2.03. The van der Waals surface area contributed by atoms with Gasteiger partial charge in [0.2, 0.25) is 9.84 Å². The number of benzene rings is 2. The van der Waals surface area contributed by atoms with Crippen LogP contribution in [-0.2, 0) is 9.84 Å². The van der Waals surface area contributed by atoms with E-state index in [1.165, 1.54) is 0 Å². The van der Waals surface area contributed by atoms with Crippen LogP contribution in [0.1, 0.15) is 32.8 Å². The topological polar surface area (TPSA) is 52.6 Å². The van der Waals surface area contributed by atoms with Gasteiger partial charge in [-0.15, -0.1) is 0 Å². The summed E-state index contributed by atoms with van der Waals surface area (Å²) < 4.78 is 38.1. The minimum atomic E-state index is -3.66. The Bertz CT molecular complexity index is 1210. The maximum absolute atomic E-state index is 13.2. The molecule has 4 nitrogen and oxygen atoms in total. The zero-order valence-corrected chi connectivity index (χ0v) is 20.3. The van der Waals surface area contributed by atoms with Gasteiger partial charge >= 0.3 is 0 Å². The number of allylic oxidation sites excluding steroid dienone is 7. The third-order valence-electron chi connectivity index (χ3n) is 4.92.